The molecule has 3 rings (SSSR count). The fourth-order valence-corrected chi connectivity index (χ4v) is 2.42. The zero-order chi connectivity index (χ0) is 15.1. The van der Waals surface area contributed by atoms with Gasteiger partial charge < -0.3 is 14.9 Å². The number of benzene rings is 1. The molecule has 1 unspecified atom stereocenters. The fraction of sp³-hybridized carbons (Fsp3) is 0.385. The van der Waals surface area contributed by atoms with E-state index in [2.05, 4.69) is 15.5 Å². The molecule has 0 saturated carbocycles. The SMILES string of the molecule is Oc1cccc(-c2noc(C3(C(F)(F)F)CCNC3)n2)c1. The van der Waals surface area contributed by atoms with Crippen LogP contribution in [0.5, 0.6) is 5.75 Å². The van der Waals surface area contributed by atoms with Crippen LogP contribution >= 0.6 is 0 Å². The number of alkyl halides is 3. The summed E-state index contributed by atoms with van der Waals surface area (Å²) >= 11 is 0. The molecule has 21 heavy (non-hydrogen) atoms. The van der Waals surface area contributed by atoms with Crippen LogP contribution in [-0.4, -0.2) is 34.5 Å². The highest BCUT2D eigenvalue weighted by atomic mass is 19.4. The van der Waals surface area contributed by atoms with Gasteiger partial charge in [-0.1, -0.05) is 17.3 Å². The number of phenols is 1. The molecule has 1 fully saturated rings. The van der Waals surface area contributed by atoms with E-state index in [0.717, 1.165) is 0 Å². The molecular formula is C13H12F3N3O2. The van der Waals surface area contributed by atoms with E-state index >= 15 is 0 Å². The zero-order valence-electron chi connectivity index (χ0n) is 10.8. The van der Waals surface area contributed by atoms with E-state index in [4.69, 9.17) is 4.52 Å². The summed E-state index contributed by atoms with van der Waals surface area (Å²) in [5.41, 5.74) is -1.75. The number of aromatic nitrogens is 2. The average molecular weight is 299 g/mol. The Bertz CT molecular complexity index is 648. The first-order valence-corrected chi connectivity index (χ1v) is 6.33. The molecule has 5 nitrogen and oxygen atoms in total. The second-order valence-electron chi connectivity index (χ2n) is 4.98. The monoisotopic (exact) mass is 299 g/mol. The molecular weight excluding hydrogens is 287 g/mol. The summed E-state index contributed by atoms with van der Waals surface area (Å²) < 4.78 is 45.0. The lowest BCUT2D eigenvalue weighted by Crippen LogP contribution is -2.44. The van der Waals surface area contributed by atoms with Gasteiger partial charge in [0.1, 0.15) is 5.75 Å². The number of hydrogen-bond acceptors (Lipinski definition) is 5. The third kappa shape index (κ3) is 2.25. The van der Waals surface area contributed by atoms with E-state index in [1.54, 1.807) is 12.1 Å². The standard InChI is InChI=1S/C13H12F3N3O2/c14-13(15,16)12(4-5-17-7-12)11-18-10(19-21-11)8-2-1-3-9(20)6-8/h1-3,6,17,20H,4-5,7H2. The first-order valence-electron chi connectivity index (χ1n) is 6.33. The van der Waals surface area contributed by atoms with Crippen LogP contribution in [-0.2, 0) is 5.41 Å². The van der Waals surface area contributed by atoms with Gasteiger partial charge in [-0.2, -0.15) is 18.2 Å². The molecule has 0 aliphatic carbocycles. The van der Waals surface area contributed by atoms with E-state index in [0.29, 0.717) is 5.56 Å². The van der Waals surface area contributed by atoms with Gasteiger partial charge in [0.2, 0.25) is 11.7 Å². The molecule has 1 aromatic heterocycles. The lowest BCUT2D eigenvalue weighted by atomic mass is 9.86. The van der Waals surface area contributed by atoms with Crippen molar-refractivity contribution < 1.29 is 22.8 Å². The van der Waals surface area contributed by atoms with E-state index < -0.39 is 17.5 Å². The number of halogens is 3. The van der Waals surface area contributed by atoms with Crippen LogP contribution < -0.4 is 5.32 Å². The third-order valence-electron chi connectivity index (χ3n) is 3.64. The van der Waals surface area contributed by atoms with Crippen LogP contribution in [0.2, 0.25) is 0 Å². The number of phenolic OH excluding ortho intramolecular Hbond substituents is 1. The molecule has 1 aliphatic rings. The molecule has 0 amide bonds. The molecule has 2 heterocycles. The Morgan fingerprint density at radius 2 is 2.14 bits per heavy atom. The number of rotatable bonds is 2. The topological polar surface area (TPSA) is 71.2 Å². The quantitative estimate of drug-likeness (QED) is 0.890. The first kappa shape index (κ1) is 13.9. The van der Waals surface area contributed by atoms with Crippen LogP contribution in [0.4, 0.5) is 13.2 Å². The van der Waals surface area contributed by atoms with Crippen LogP contribution in [0.1, 0.15) is 12.3 Å². The smallest absolute Gasteiger partial charge is 0.404 e. The predicted molar refractivity (Wildman–Crippen MR) is 66.6 cm³/mol. The van der Waals surface area contributed by atoms with E-state index in [9.17, 15) is 18.3 Å². The average Bonchev–Trinajstić information content (AvgIpc) is 3.08. The summed E-state index contributed by atoms with van der Waals surface area (Å²) in [7, 11) is 0. The lowest BCUT2D eigenvalue weighted by molar-refractivity contribution is -0.191. The Balaban J connectivity index is 2.01. The van der Waals surface area contributed by atoms with Crippen molar-refractivity contribution in [1.29, 1.82) is 0 Å². The fourth-order valence-electron chi connectivity index (χ4n) is 2.42. The molecule has 1 aromatic carbocycles. The first-order chi connectivity index (χ1) is 9.92. The second kappa shape index (κ2) is 4.73. The Labute approximate surface area is 117 Å². The van der Waals surface area contributed by atoms with Crippen molar-refractivity contribution in [3.63, 3.8) is 0 Å². The number of aromatic hydroxyl groups is 1. The summed E-state index contributed by atoms with van der Waals surface area (Å²) in [5.74, 6) is -0.443. The van der Waals surface area contributed by atoms with Gasteiger partial charge in [0.05, 0.1) is 0 Å². The number of nitrogens with zero attached hydrogens (tertiary/aromatic N) is 2. The maximum Gasteiger partial charge on any atom is 0.404 e. The minimum atomic E-state index is -4.47. The van der Waals surface area contributed by atoms with Crippen molar-refractivity contribution in [2.45, 2.75) is 18.0 Å². The summed E-state index contributed by atoms with van der Waals surface area (Å²) in [6.07, 6.45) is -4.61. The van der Waals surface area contributed by atoms with Gasteiger partial charge >= 0.3 is 6.18 Å². The Kier molecular flexibility index (Phi) is 3.12. The van der Waals surface area contributed by atoms with Gasteiger partial charge in [-0.15, -0.1) is 0 Å². The van der Waals surface area contributed by atoms with Crippen molar-refractivity contribution >= 4 is 0 Å². The molecule has 0 radical (unpaired) electrons. The predicted octanol–water partition coefficient (Wildman–Crippen LogP) is 2.24. The lowest BCUT2D eigenvalue weighted by Gasteiger charge is -2.26. The van der Waals surface area contributed by atoms with Gasteiger partial charge in [0.15, 0.2) is 5.41 Å². The Morgan fingerprint density at radius 1 is 1.33 bits per heavy atom. The second-order valence-corrected chi connectivity index (χ2v) is 4.98. The minimum Gasteiger partial charge on any atom is -0.508 e. The van der Waals surface area contributed by atoms with Crippen LogP contribution in [0.3, 0.4) is 0 Å². The van der Waals surface area contributed by atoms with Crippen molar-refractivity contribution in [2.75, 3.05) is 13.1 Å². The zero-order valence-corrected chi connectivity index (χ0v) is 10.8. The normalized spacial score (nSPS) is 22.6. The van der Waals surface area contributed by atoms with E-state index in [1.807, 2.05) is 0 Å². The number of nitrogens with one attached hydrogen (secondary N) is 1. The van der Waals surface area contributed by atoms with Gasteiger partial charge in [0.25, 0.3) is 0 Å². The largest absolute Gasteiger partial charge is 0.508 e. The molecule has 0 bridgehead atoms. The summed E-state index contributed by atoms with van der Waals surface area (Å²) in [6.45, 7) is -0.0402. The molecule has 2 N–H and O–H groups in total. The maximum absolute atomic E-state index is 13.4. The molecule has 1 saturated heterocycles. The Morgan fingerprint density at radius 3 is 2.76 bits per heavy atom. The molecule has 1 atom stereocenters. The van der Waals surface area contributed by atoms with Crippen LogP contribution in [0.15, 0.2) is 28.8 Å². The molecule has 1 aliphatic heterocycles. The third-order valence-corrected chi connectivity index (χ3v) is 3.64. The minimum absolute atomic E-state index is 0.0214. The number of hydrogen-bond donors (Lipinski definition) is 2. The van der Waals surface area contributed by atoms with Gasteiger partial charge in [-0.05, 0) is 25.1 Å². The van der Waals surface area contributed by atoms with Crippen LogP contribution in [0, 0.1) is 0 Å². The molecule has 8 heteroatoms. The summed E-state index contributed by atoms with van der Waals surface area (Å²) in [6, 6.07) is 5.95. The maximum atomic E-state index is 13.4. The molecule has 2 aromatic rings. The molecule has 112 valence electrons. The van der Waals surface area contributed by atoms with E-state index in [-0.39, 0.29) is 31.1 Å². The summed E-state index contributed by atoms with van der Waals surface area (Å²) in [4.78, 5) is 3.89. The highest BCUT2D eigenvalue weighted by Gasteiger charge is 2.61. The highest BCUT2D eigenvalue weighted by Crippen LogP contribution is 2.45. The van der Waals surface area contributed by atoms with Crippen molar-refractivity contribution in [1.82, 2.24) is 15.5 Å². The van der Waals surface area contributed by atoms with E-state index in [1.165, 1.54) is 12.1 Å². The van der Waals surface area contributed by atoms with Gasteiger partial charge in [-0.3, -0.25) is 0 Å². The summed E-state index contributed by atoms with van der Waals surface area (Å²) in [5, 5.41) is 15.7. The van der Waals surface area contributed by atoms with Gasteiger partial charge in [-0.25, -0.2) is 0 Å². The Hall–Kier alpha value is -2.09. The highest BCUT2D eigenvalue weighted by molar-refractivity contribution is 5.56. The van der Waals surface area contributed by atoms with Crippen molar-refractivity contribution in [3.8, 4) is 17.1 Å². The van der Waals surface area contributed by atoms with Crippen molar-refractivity contribution in [2.24, 2.45) is 0 Å². The van der Waals surface area contributed by atoms with Gasteiger partial charge in [0, 0.05) is 12.1 Å². The van der Waals surface area contributed by atoms with Crippen LogP contribution in [0.25, 0.3) is 11.4 Å². The molecule has 0 spiro atoms. The van der Waals surface area contributed by atoms with Crippen molar-refractivity contribution in [3.05, 3.63) is 30.2 Å².